The van der Waals surface area contributed by atoms with Gasteiger partial charge in [0, 0.05) is 5.69 Å². The Morgan fingerprint density at radius 1 is 1.00 bits per heavy atom. The maximum absolute atomic E-state index is 12.9. The lowest BCUT2D eigenvalue weighted by molar-refractivity contribution is 0.0601. The van der Waals surface area contributed by atoms with Crippen LogP contribution in [0.5, 0.6) is 0 Å². The molecule has 2 aromatic heterocycles. The molecule has 7 nitrogen and oxygen atoms in total. The molecule has 0 aliphatic carbocycles. The molecule has 0 bridgehead atoms. The number of hydrogen-bond donors (Lipinski definition) is 2. The number of carbonyl (C=O) groups is 3. The van der Waals surface area contributed by atoms with E-state index in [4.69, 9.17) is 9.15 Å². The number of nitrogens with one attached hydrogen (secondary N) is 2. The standard InChI is InChI=1S/C21H20N2O5S/c1-11-8-12(2)10-14(9-11)22-19(25)17-13(3)16(21(26)27-4)20(29-17)23-18(24)15-6-5-7-28-15/h5-10H,1-4H3,(H,22,25)(H,23,24). The van der Waals surface area contributed by atoms with Gasteiger partial charge in [0.2, 0.25) is 0 Å². The van der Waals surface area contributed by atoms with E-state index in [2.05, 4.69) is 10.6 Å². The fraction of sp³-hybridized carbons (Fsp3) is 0.190. The highest BCUT2D eigenvalue weighted by Crippen LogP contribution is 2.34. The van der Waals surface area contributed by atoms with Crippen LogP contribution in [0, 0.1) is 20.8 Å². The van der Waals surface area contributed by atoms with Crippen LogP contribution in [0.1, 0.15) is 47.3 Å². The number of amides is 2. The number of thiophene rings is 1. The number of hydrogen-bond acceptors (Lipinski definition) is 6. The second kappa shape index (κ2) is 8.32. The number of ether oxygens (including phenoxy) is 1. The Morgan fingerprint density at radius 2 is 1.69 bits per heavy atom. The summed E-state index contributed by atoms with van der Waals surface area (Å²) in [6, 6.07) is 8.80. The van der Waals surface area contributed by atoms with E-state index in [1.165, 1.54) is 19.4 Å². The van der Waals surface area contributed by atoms with E-state index in [1.54, 1.807) is 13.0 Å². The molecule has 0 aliphatic rings. The predicted molar refractivity (Wildman–Crippen MR) is 111 cm³/mol. The van der Waals surface area contributed by atoms with E-state index in [0.717, 1.165) is 22.5 Å². The molecule has 0 saturated carbocycles. The Labute approximate surface area is 171 Å². The van der Waals surface area contributed by atoms with Gasteiger partial charge in [-0.3, -0.25) is 9.59 Å². The molecule has 0 atom stereocenters. The van der Waals surface area contributed by atoms with Crippen LogP contribution in [0.25, 0.3) is 0 Å². The van der Waals surface area contributed by atoms with Crippen molar-refractivity contribution in [3.63, 3.8) is 0 Å². The third-order valence-corrected chi connectivity index (χ3v) is 5.40. The molecule has 3 rings (SSSR count). The van der Waals surface area contributed by atoms with E-state index in [1.807, 2.05) is 32.0 Å². The number of furan rings is 1. The van der Waals surface area contributed by atoms with Crippen LogP contribution in [-0.2, 0) is 4.74 Å². The molecule has 0 saturated heterocycles. The molecule has 1 aromatic carbocycles. The summed E-state index contributed by atoms with van der Waals surface area (Å²) in [6.07, 6.45) is 1.37. The van der Waals surface area contributed by atoms with Crippen LogP contribution in [0.4, 0.5) is 10.7 Å². The number of esters is 1. The van der Waals surface area contributed by atoms with E-state index in [9.17, 15) is 14.4 Å². The Hall–Kier alpha value is -3.39. The highest BCUT2D eigenvalue weighted by Gasteiger charge is 2.27. The number of rotatable bonds is 5. The first-order chi connectivity index (χ1) is 13.8. The summed E-state index contributed by atoms with van der Waals surface area (Å²) < 4.78 is 9.91. The molecule has 150 valence electrons. The van der Waals surface area contributed by atoms with Gasteiger partial charge in [0.05, 0.1) is 23.8 Å². The number of aryl methyl sites for hydroxylation is 2. The normalized spacial score (nSPS) is 10.5. The minimum Gasteiger partial charge on any atom is -0.465 e. The van der Waals surface area contributed by atoms with Gasteiger partial charge in [0.1, 0.15) is 5.00 Å². The van der Waals surface area contributed by atoms with Gasteiger partial charge in [-0.1, -0.05) is 6.07 Å². The molecule has 0 aliphatic heterocycles. The average Bonchev–Trinajstić information content (AvgIpc) is 3.28. The van der Waals surface area contributed by atoms with Crippen molar-refractivity contribution in [2.24, 2.45) is 0 Å². The fourth-order valence-corrected chi connectivity index (χ4v) is 4.06. The van der Waals surface area contributed by atoms with Gasteiger partial charge in [-0.15, -0.1) is 11.3 Å². The van der Waals surface area contributed by atoms with E-state index in [-0.39, 0.29) is 22.2 Å². The maximum atomic E-state index is 12.9. The molecular formula is C21H20N2O5S. The van der Waals surface area contributed by atoms with Crippen molar-refractivity contribution in [1.82, 2.24) is 0 Å². The summed E-state index contributed by atoms with van der Waals surface area (Å²) in [5.74, 6) is -1.45. The minimum atomic E-state index is -0.640. The predicted octanol–water partition coefficient (Wildman–Crippen LogP) is 4.56. The van der Waals surface area contributed by atoms with Crippen LogP contribution in [0.2, 0.25) is 0 Å². The smallest absolute Gasteiger partial charge is 0.341 e. The Morgan fingerprint density at radius 3 is 2.28 bits per heavy atom. The van der Waals surface area contributed by atoms with Crippen LogP contribution in [0.15, 0.2) is 41.0 Å². The number of methoxy groups -OCH3 is 1. The number of benzene rings is 1. The lowest BCUT2D eigenvalue weighted by Gasteiger charge is -2.07. The topological polar surface area (TPSA) is 97.6 Å². The van der Waals surface area contributed by atoms with Crippen molar-refractivity contribution in [2.45, 2.75) is 20.8 Å². The first kappa shape index (κ1) is 20.3. The van der Waals surface area contributed by atoms with Gasteiger partial charge in [-0.25, -0.2) is 4.79 Å². The van der Waals surface area contributed by atoms with Crippen molar-refractivity contribution in [2.75, 3.05) is 17.7 Å². The Balaban J connectivity index is 1.94. The SMILES string of the molecule is COC(=O)c1c(NC(=O)c2ccco2)sc(C(=O)Nc2cc(C)cc(C)c2)c1C. The summed E-state index contributed by atoms with van der Waals surface area (Å²) in [6.45, 7) is 5.52. The second-order valence-corrected chi connectivity index (χ2v) is 7.53. The van der Waals surface area contributed by atoms with Gasteiger partial charge >= 0.3 is 5.97 Å². The number of carbonyl (C=O) groups excluding carboxylic acids is 3. The van der Waals surface area contributed by atoms with Crippen molar-refractivity contribution < 1.29 is 23.5 Å². The van der Waals surface area contributed by atoms with Gasteiger partial charge in [-0.05, 0) is 61.7 Å². The van der Waals surface area contributed by atoms with E-state index < -0.39 is 11.9 Å². The molecule has 0 spiro atoms. The summed E-state index contributed by atoms with van der Waals surface area (Å²) in [5.41, 5.74) is 3.26. The summed E-state index contributed by atoms with van der Waals surface area (Å²) in [5, 5.41) is 5.70. The molecule has 2 heterocycles. The minimum absolute atomic E-state index is 0.0908. The lowest BCUT2D eigenvalue weighted by Crippen LogP contribution is -2.14. The highest BCUT2D eigenvalue weighted by molar-refractivity contribution is 7.19. The highest BCUT2D eigenvalue weighted by atomic mass is 32.1. The van der Waals surface area contributed by atoms with Gasteiger partial charge < -0.3 is 19.8 Å². The van der Waals surface area contributed by atoms with Crippen molar-refractivity contribution in [1.29, 1.82) is 0 Å². The molecule has 0 fully saturated rings. The maximum Gasteiger partial charge on any atom is 0.341 e. The van der Waals surface area contributed by atoms with Crippen LogP contribution >= 0.6 is 11.3 Å². The zero-order valence-corrected chi connectivity index (χ0v) is 17.2. The first-order valence-corrected chi connectivity index (χ1v) is 9.58. The van der Waals surface area contributed by atoms with Crippen LogP contribution < -0.4 is 10.6 Å². The quantitative estimate of drug-likeness (QED) is 0.599. The van der Waals surface area contributed by atoms with Gasteiger partial charge in [0.25, 0.3) is 11.8 Å². The van der Waals surface area contributed by atoms with Crippen LogP contribution in [-0.4, -0.2) is 24.9 Å². The monoisotopic (exact) mass is 412 g/mol. The Bertz CT molecular complexity index is 1060. The zero-order valence-electron chi connectivity index (χ0n) is 16.4. The molecule has 2 amide bonds. The van der Waals surface area contributed by atoms with Crippen molar-refractivity contribution >= 4 is 39.8 Å². The molecule has 3 aromatic rings. The molecule has 29 heavy (non-hydrogen) atoms. The molecular weight excluding hydrogens is 392 g/mol. The van der Waals surface area contributed by atoms with Gasteiger partial charge in [0.15, 0.2) is 5.76 Å². The third-order valence-electron chi connectivity index (χ3n) is 4.19. The largest absolute Gasteiger partial charge is 0.465 e. The summed E-state index contributed by atoms with van der Waals surface area (Å²) in [4.78, 5) is 37.8. The lowest BCUT2D eigenvalue weighted by atomic mass is 10.1. The summed E-state index contributed by atoms with van der Waals surface area (Å²) >= 11 is 1.00. The van der Waals surface area contributed by atoms with Crippen molar-refractivity contribution in [3.05, 3.63) is 69.5 Å². The molecule has 0 unspecified atom stereocenters. The Kier molecular flexibility index (Phi) is 5.84. The van der Waals surface area contributed by atoms with E-state index >= 15 is 0 Å². The second-order valence-electron chi connectivity index (χ2n) is 6.51. The third kappa shape index (κ3) is 4.38. The average molecular weight is 412 g/mol. The number of anilines is 2. The fourth-order valence-electron chi connectivity index (χ4n) is 2.97. The molecule has 8 heteroatoms. The molecule has 2 N–H and O–H groups in total. The summed E-state index contributed by atoms with van der Waals surface area (Å²) in [7, 11) is 1.24. The zero-order chi connectivity index (χ0) is 21.1. The molecule has 0 radical (unpaired) electrons. The van der Waals surface area contributed by atoms with Crippen molar-refractivity contribution in [3.8, 4) is 0 Å². The van der Waals surface area contributed by atoms with Gasteiger partial charge in [-0.2, -0.15) is 0 Å². The first-order valence-electron chi connectivity index (χ1n) is 8.76. The van der Waals surface area contributed by atoms with E-state index in [0.29, 0.717) is 16.1 Å². The van der Waals surface area contributed by atoms with Crippen LogP contribution in [0.3, 0.4) is 0 Å².